The number of allylic oxidation sites excluding steroid dienone is 2. The van der Waals surface area contributed by atoms with Crippen LogP contribution in [0.1, 0.15) is 59.5 Å². The second-order valence-corrected chi connectivity index (χ2v) is 10.1. The van der Waals surface area contributed by atoms with Gasteiger partial charge < -0.3 is 15.8 Å². The van der Waals surface area contributed by atoms with E-state index in [0.717, 1.165) is 5.57 Å². The zero-order chi connectivity index (χ0) is 28.0. The van der Waals surface area contributed by atoms with Gasteiger partial charge in [-0.2, -0.15) is 0 Å². The molecule has 2 amide bonds. The summed E-state index contributed by atoms with van der Waals surface area (Å²) in [5.41, 5.74) is 8.50. The lowest BCUT2D eigenvalue weighted by atomic mass is 9.90. The van der Waals surface area contributed by atoms with Crippen molar-refractivity contribution in [1.29, 1.82) is 0 Å². The van der Waals surface area contributed by atoms with Crippen LogP contribution in [0.4, 0.5) is 5.82 Å². The fourth-order valence-electron chi connectivity index (χ4n) is 5.36. The number of primary amides is 1. The van der Waals surface area contributed by atoms with Crippen molar-refractivity contribution < 1.29 is 19.7 Å². The Morgan fingerprint density at radius 2 is 1.97 bits per heavy atom. The summed E-state index contributed by atoms with van der Waals surface area (Å²) in [6, 6.07) is 8.47. The topological polar surface area (TPSA) is 134 Å². The van der Waals surface area contributed by atoms with Crippen LogP contribution in [0.25, 0.3) is 22.2 Å². The third-order valence-electron chi connectivity index (χ3n) is 7.33. The van der Waals surface area contributed by atoms with E-state index in [1.165, 1.54) is 11.0 Å². The Labute approximate surface area is 226 Å². The first-order valence-electron chi connectivity index (χ1n) is 13.0. The molecule has 0 bridgehead atoms. The summed E-state index contributed by atoms with van der Waals surface area (Å²) >= 11 is 0. The molecular formula is C30H32N5O4+. The SMILES string of the molecule is C=C1N(CC)C(=O)c2c([nH+]c(C(C)C)c(C(N)=O)c2-c2cc(=O)c3ccccc3[nH]2)N1CC1=CC=CCC1O. The first-order chi connectivity index (χ1) is 18.6. The number of benzene rings is 1. The summed E-state index contributed by atoms with van der Waals surface area (Å²) in [6.45, 7) is 10.5. The molecule has 39 heavy (non-hydrogen) atoms. The lowest BCUT2D eigenvalue weighted by Crippen LogP contribution is -2.49. The number of aliphatic hydroxyl groups is 1. The molecule has 1 aromatic carbocycles. The summed E-state index contributed by atoms with van der Waals surface area (Å²) in [6.07, 6.45) is 5.45. The van der Waals surface area contributed by atoms with Crippen LogP contribution < -0.4 is 21.0 Å². The van der Waals surface area contributed by atoms with E-state index in [4.69, 9.17) is 5.73 Å². The molecule has 0 radical (unpaired) electrons. The molecule has 1 unspecified atom stereocenters. The van der Waals surface area contributed by atoms with Gasteiger partial charge in [0.1, 0.15) is 17.8 Å². The minimum Gasteiger partial charge on any atom is -0.388 e. The second-order valence-electron chi connectivity index (χ2n) is 10.1. The Balaban J connectivity index is 1.88. The number of aromatic amines is 2. The Bertz CT molecular complexity index is 1650. The molecule has 9 nitrogen and oxygen atoms in total. The van der Waals surface area contributed by atoms with Crippen LogP contribution in [0.15, 0.2) is 71.3 Å². The number of carbonyl (C=O) groups excluding carboxylic acids is 2. The van der Waals surface area contributed by atoms with E-state index in [9.17, 15) is 19.5 Å². The minimum absolute atomic E-state index is 0.145. The van der Waals surface area contributed by atoms with Gasteiger partial charge in [0.25, 0.3) is 17.6 Å². The van der Waals surface area contributed by atoms with Gasteiger partial charge in [-0.05, 0) is 37.6 Å². The van der Waals surface area contributed by atoms with Crippen LogP contribution in [0, 0.1) is 0 Å². The highest BCUT2D eigenvalue weighted by atomic mass is 16.3. The highest BCUT2D eigenvalue weighted by Gasteiger charge is 2.44. The molecule has 5 rings (SSSR count). The van der Waals surface area contributed by atoms with Crippen molar-refractivity contribution >= 4 is 28.5 Å². The van der Waals surface area contributed by atoms with Crippen molar-refractivity contribution in [3.05, 3.63) is 93.6 Å². The fraction of sp³-hybridized carbons (Fsp3) is 0.267. The van der Waals surface area contributed by atoms with E-state index in [0.29, 0.717) is 46.9 Å². The van der Waals surface area contributed by atoms with Crippen molar-refractivity contribution in [2.75, 3.05) is 18.0 Å². The molecule has 0 saturated carbocycles. The van der Waals surface area contributed by atoms with Gasteiger partial charge >= 0.3 is 0 Å². The number of nitrogens with zero attached hydrogens (tertiary/aromatic N) is 2. The first kappa shape index (κ1) is 26.1. The second kappa shape index (κ2) is 9.99. The summed E-state index contributed by atoms with van der Waals surface area (Å²) < 4.78 is 0. The predicted octanol–water partition coefficient (Wildman–Crippen LogP) is 3.23. The zero-order valence-electron chi connectivity index (χ0n) is 22.2. The van der Waals surface area contributed by atoms with Crippen LogP contribution in [0.5, 0.6) is 0 Å². The zero-order valence-corrected chi connectivity index (χ0v) is 22.2. The normalized spacial score (nSPS) is 17.2. The molecule has 200 valence electrons. The van der Waals surface area contributed by atoms with Crippen molar-refractivity contribution in [3.63, 3.8) is 0 Å². The maximum atomic E-state index is 14.1. The maximum Gasteiger partial charge on any atom is 0.294 e. The number of anilines is 1. The van der Waals surface area contributed by atoms with Crippen molar-refractivity contribution in [2.45, 2.75) is 39.2 Å². The third kappa shape index (κ3) is 4.34. The molecule has 0 fully saturated rings. The molecule has 0 spiro atoms. The molecule has 3 heterocycles. The van der Waals surface area contributed by atoms with E-state index in [-0.39, 0.29) is 40.5 Å². The van der Waals surface area contributed by atoms with Crippen LogP contribution >= 0.6 is 0 Å². The van der Waals surface area contributed by atoms with E-state index < -0.39 is 12.0 Å². The van der Waals surface area contributed by atoms with Gasteiger partial charge in [0.2, 0.25) is 0 Å². The molecule has 3 aromatic rings. The Kier molecular flexibility index (Phi) is 6.69. The molecule has 9 heteroatoms. The number of amides is 2. The lowest BCUT2D eigenvalue weighted by Gasteiger charge is -2.35. The van der Waals surface area contributed by atoms with Crippen LogP contribution in [0.3, 0.4) is 0 Å². The number of aromatic nitrogens is 2. The number of carbonyl (C=O) groups is 2. The predicted molar refractivity (Wildman–Crippen MR) is 150 cm³/mol. The van der Waals surface area contributed by atoms with Gasteiger partial charge in [0.05, 0.1) is 17.4 Å². The largest absolute Gasteiger partial charge is 0.388 e. The van der Waals surface area contributed by atoms with Gasteiger partial charge in [-0.1, -0.05) is 44.2 Å². The van der Waals surface area contributed by atoms with Gasteiger partial charge in [0.15, 0.2) is 11.2 Å². The average molecular weight is 527 g/mol. The first-order valence-corrected chi connectivity index (χ1v) is 13.0. The quantitative estimate of drug-likeness (QED) is 0.453. The summed E-state index contributed by atoms with van der Waals surface area (Å²) in [4.78, 5) is 50.2. The molecule has 2 aromatic heterocycles. The van der Waals surface area contributed by atoms with Gasteiger partial charge in [-0.3, -0.25) is 19.3 Å². The Morgan fingerprint density at radius 3 is 2.64 bits per heavy atom. The van der Waals surface area contributed by atoms with E-state index in [1.807, 2.05) is 43.9 Å². The smallest absolute Gasteiger partial charge is 0.294 e. The number of nitrogens with one attached hydrogen (secondary N) is 2. The van der Waals surface area contributed by atoms with Crippen molar-refractivity contribution in [2.24, 2.45) is 5.73 Å². The number of fused-ring (bicyclic) bond motifs is 2. The molecule has 2 aliphatic rings. The van der Waals surface area contributed by atoms with Crippen molar-refractivity contribution in [3.8, 4) is 11.3 Å². The van der Waals surface area contributed by atoms with Crippen LogP contribution in [-0.2, 0) is 0 Å². The lowest BCUT2D eigenvalue weighted by molar-refractivity contribution is -0.379. The summed E-state index contributed by atoms with van der Waals surface area (Å²) in [5, 5.41) is 11.2. The number of para-hydroxylation sites is 1. The number of pyridine rings is 2. The molecule has 1 aliphatic heterocycles. The number of hydrogen-bond donors (Lipinski definition) is 3. The number of aliphatic hydroxyl groups excluding tert-OH is 1. The van der Waals surface area contributed by atoms with Gasteiger partial charge in [0, 0.05) is 35.0 Å². The van der Waals surface area contributed by atoms with Crippen LogP contribution in [-0.4, -0.2) is 46.0 Å². The van der Waals surface area contributed by atoms with E-state index in [1.54, 1.807) is 24.3 Å². The standard InChI is InChI=1S/C30H31N5O4/c1-5-34-17(4)35(15-18-10-6-9-13-22(18)36)29-26(30(34)39)24(25(28(31)38)27(33-29)16(2)3)21-14-23(37)19-11-7-8-12-20(19)32-21/h6-12,14,16,22,36H,4-5,13,15H2,1-3H3,(H2,31,38)(H,32,37)/p+1. The minimum atomic E-state index is -0.718. The van der Waals surface area contributed by atoms with Crippen LogP contribution in [0.2, 0.25) is 0 Å². The molecule has 1 atom stereocenters. The van der Waals surface area contributed by atoms with Crippen molar-refractivity contribution in [1.82, 2.24) is 9.88 Å². The van der Waals surface area contributed by atoms with Gasteiger partial charge in [-0.15, -0.1) is 0 Å². The van der Waals surface area contributed by atoms with E-state index in [2.05, 4.69) is 16.5 Å². The number of rotatable bonds is 6. The number of H-pyrrole nitrogens is 2. The highest BCUT2D eigenvalue weighted by Crippen LogP contribution is 2.40. The summed E-state index contributed by atoms with van der Waals surface area (Å²) in [7, 11) is 0. The van der Waals surface area contributed by atoms with Gasteiger partial charge in [-0.25, -0.2) is 9.88 Å². The highest BCUT2D eigenvalue weighted by molar-refractivity contribution is 6.13. The fourth-order valence-corrected chi connectivity index (χ4v) is 5.36. The van der Waals surface area contributed by atoms with E-state index >= 15 is 0 Å². The average Bonchev–Trinajstić information content (AvgIpc) is 2.91. The Hall–Kier alpha value is -4.50. The number of hydrogen-bond acceptors (Lipinski definition) is 5. The summed E-state index contributed by atoms with van der Waals surface area (Å²) in [5.74, 6) is -0.405. The molecule has 1 aliphatic carbocycles. The molecule has 5 N–H and O–H groups in total. The maximum absolute atomic E-state index is 14.1. The molecular weight excluding hydrogens is 494 g/mol. The Morgan fingerprint density at radius 1 is 1.23 bits per heavy atom. The monoisotopic (exact) mass is 526 g/mol. The number of nitrogens with two attached hydrogens (primary N) is 1. The molecule has 0 saturated heterocycles. The third-order valence-corrected chi connectivity index (χ3v) is 7.33.